The predicted octanol–water partition coefficient (Wildman–Crippen LogP) is 1.77. The summed E-state index contributed by atoms with van der Waals surface area (Å²) >= 11 is 0. The molecule has 1 aromatic rings. The highest BCUT2D eigenvalue weighted by molar-refractivity contribution is 5.56. The number of rotatable bonds is 3. The van der Waals surface area contributed by atoms with Crippen molar-refractivity contribution in [2.75, 3.05) is 32.1 Å². The van der Waals surface area contributed by atoms with Gasteiger partial charge in [0.25, 0.3) is 0 Å². The van der Waals surface area contributed by atoms with Crippen molar-refractivity contribution < 1.29 is 4.74 Å². The molecular formula is C13H21N3O. The monoisotopic (exact) mass is 235 g/mol. The number of ether oxygens (including phenoxy) is 1. The van der Waals surface area contributed by atoms with Crippen molar-refractivity contribution in [2.45, 2.75) is 26.2 Å². The van der Waals surface area contributed by atoms with E-state index in [1.54, 1.807) is 7.11 Å². The third-order valence-corrected chi connectivity index (χ3v) is 3.18. The molecule has 1 aliphatic heterocycles. The zero-order valence-corrected chi connectivity index (χ0v) is 10.8. The highest BCUT2D eigenvalue weighted by atomic mass is 16.5. The van der Waals surface area contributed by atoms with Gasteiger partial charge in [0.2, 0.25) is 5.88 Å². The second kappa shape index (κ2) is 5.36. The first-order chi connectivity index (χ1) is 8.26. The second-order valence-electron chi connectivity index (χ2n) is 4.47. The minimum absolute atomic E-state index is 0.503. The summed E-state index contributed by atoms with van der Waals surface area (Å²) in [6.07, 6.45) is 0.975. The Bertz CT molecular complexity index is 392. The minimum Gasteiger partial charge on any atom is -0.480 e. The van der Waals surface area contributed by atoms with Crippen LogP contribution in [0.25, 0.3) is 0 Å². The van der Waals surface area contributed by atoms with Gasteiger partial charge in [-0.15, -0.1) is 0 Å². The van der Waals surface area contributed by atoms with E-state index in [1.165, 1.54) is 11.3 Å². The van der Waals surface area contributed by atoms with Gasteiger partial charge in [0.15, 0.2) is 0 Å². The number of nitrogens with one attached hydrogen (secondary N) is 2. The quantitative estimate of drug-likeness (QED) is 0.838. The standard InChI is InChI=1S/C13H21N3O/c1-4-15-12-7-10-9(2)8-14-6-5-11(10)16-13(12)17-3/h7,9,14-15H,4-6,8H2,1-3H3/t9-/m1/s1. The molecular weight excluding hydrogens is 214 g/mol. The molecule has 0 unspecified atom stereocenters. The van der Waals surface area contributed by atoms with Crippen LogP contribution in [0.4, 0.5) is 5.69 Å². The minimum atomic E-state index is 0.503. The van der Waals surface area contributed by atoms with Gasteiger partial charge >= 0.3 is 0 Å². The Hall–Kier alpha value is -1.29. The molecule has 1 atom stereocenters. The van der Waals surface area contributed by atoms with Crippen molar-refractivity contribution in [1.29, 1.82) is 0 Å². The van der Waals surface area contributed by atoms with Gasteiger partial charge in [-0.2, -0.15) is 0 Å². The van der Waals surface area contributed by atoms with Crippen molar-refractivity contribution in [1.82, 2.24) is 10.3 Å². The van der Waals surface area contributed by atoms with Crippen LogP contribution in [-0.2, 0) is 6.42 Å². The van der Waals surface area contributed by atoms with Crippen LogP contribution in [-0.4, -0.2) is 31.7 Å². The summed E-state index contributed by atoms with van der Waals surface area (Å²) in [6, 6.07) is 2.20. The molecule has 0 saturated carbocycles. The van der Waals surface area contributed by atoms with E-state index in [1.807, 2.05) is 0 Å². The van der Waals surface area contributed by atoms with E-state index in [0.29, 0.717) is 11.8 Å². The Labute approximate surface area is 103 Å². The Morgan fingerprint density at radius 2 is 2.41 bits per heavy atom. The van der Waals surface area contributed by atoms with E-state index in [2.05, 4.69) is 35.5 Å². The number of anilines is 1. The van der Waals surface area contributed by atoms with Crippen molar-refractivity contribution in [3.63, 3.8) is 0 Å². The van der Waals surface area contributed by atoms with Crippen LogP contribution >= 0.6 is 0 Å². The fourth-order valence-corrected chi connectivity index (χ4v) is 2.28. The fraction of sp³-hybridized carbons (Fsp3) is 0.615. The molecule has 4 nitrogen and oxygen atoms in total. The van der Waals surface area contributed by atoms with Gasteiger partial charge in [-0.1, -0.05) is 6.92 Å². The summed E-state index contributed by atoms with van der Waals surface area (Å²) in [6.45, 7) is 7.21. The fourth-order valence-electron chi connectivity index (χ4n) is 2.28. The number of fused-ring (bicyclic) bond motifs is 1. The smallest absolute Gasteiger partial charge is 0.237 e. The van der Waals surface area contributed by atoms with Gasteiger partial charge in [-0.05, 0) is 24.5 Å². The largest absolute Gasteiger partial charge is 0.480 e. The molecule has 94 valence electrons. The van der Waals surface area contributed by atoms with Gasteiger partial charge in [-0.25, -0.2) is 4.98 Å². The molecule has 0 saturated heterocycles. The lowest BCUT2D eigenvalue weighted by Crippen LogP contribution is -2.18. The van der Waals surface area contributed by atoms with E-state index in [-0.39, 0.29) is 0 Å². The predicted molar refractivity (Wildman–Crippen MR) is 69.9 cm³/mol. The molecule has 0 fully saturated rings. The maximum Gasteiger partial charge on any atom is 0.237 e. The number of hydrogen-bond donors (Lipinski definition) is 2. The summed E-state index contributed by atoms with van der Waals surface area (Å²) in [4.78, 5) is 4.64. The first-order valence-electron chi connectivity index (χ1n) is 6.28. The summed E-state index contributed by atoms with van der Waals surface area (Å²) in [5, 5.41) is 6.74. The first kappa shape index (κ1) is 12.2. The second-order valence-corrected chi connectivity index (χ2v) is 4.47. The van der Waals surface area contributed by atoms with Crippen LogP contribution in [0.3, 0.4) is 0 Å². The van der Waals surface area contributed by atoms with Crippen LogP contribution in [0, 0.1) is 0 Å². The lowest BCUT2D eigenvalue weighted by Gasteiger charge is -2.16. The zero-order valence-electron chi connectivity index (χ0n) is 10.8. The summed E-state index contributed by atoms with van der Waals surface area (Å²) < 4.78 is 5.35. The summed E-state index contributed by atoms with van der Waals surface area (Å²) in [5.74, 6) is 1.21. The molecule has 0 aromatic carbocycles. The van der Waals surface area contributed by atoms with Crippen molar-refractivity contribution >= 4 is 5.69 Å². The highest BCUT2D eigenvalue weighted by Crippen LogP contribution is 2.30. The molecule has 2 N–H and O–H groups in total. The van der Waals surface area contributed by atoms with Crippen LogP contribution in [0.5, 0.6) is 5.88 Å². The number of methoxy groups -OCH3 is 1. The van der Waals surface area contributed by atoms with Crippen molar-refractivity contribution in [2.24, 2.45) is 0 Å². The van der Waals surface area contributed by atoms with Gasteiger partial charge in [0.1, 0.15) is 0 Å². The third-order valence-electron chi connectivity index (χ3n) is 3.18. The molecule has 0 amide bonds. The van der Waals surface area contributed by atoms with Gasteiger partial charge in [0.05, 0.1) is 12.8 Å². The highest BCUT2D eigenvalue weighted by Gasteiger charge is 2.18. The van der Waals surface area contributed by atoms with Crippen molar-refractivity contribution in [3.8, 4) is 5.88 Å². The number of pyridine rings is 1. The number of nitrogens with zero attached hydrogens (tertiary/aromatic N) is 1. The lowest BCUT2D eigenvalue weighted by atomic mass is 9.99. The van der Waals surface area contributed by atoms with Crippen molar-refractivity contribution in [3.05, 3.63) is 17.3 Å². The Morgan fingerprint density at radius 3 is 3.12 bits per heavy atom. The normalized spacial score (nSPS) is 19.4. The van der Waals surface area contributed by atoms with Crippen LogP contribution < -0.4 is 15.4 Å². The number of aromatic nitrogens is 1. The Balaban J connectivity index is 2.43. The van der Waals surface area contributed by atoms with Gasteiger partial charge < -0.3 is 15.4 Å². The van der Waals surface area contributed by atoms with Gasteiger partial charge in [-0.3, -0.25) is 0 Å². The van der Waals surface area contributed by atoms with Crippen LogP contribution in [0.1, 0.15) is 31.0 Å². The Morgan fingerprint density at radius 1 is 1.59 bits per heavy atom. The molecule has 17 heavy (non-hydrogen) atoms. The third kappa shape index (κ3) is 2.52. The molecule has 0 aliphatic carbocycles. The first-order valence-corrected chi connectivity index (χ1v) is 6.28. The molecule has 0 spiro atoms. The number of hydrogen-bond acceptors (Lipinski definition) is 4. The topological polar surface area (TPSA) is 46.2 Å². The van der Waals surface area contributed by atoms with E-state index < -0.39 is 0 Å². The summed E-state index contributed by atoms with van der Waals surface area (Å²) in [5.41, 5.74) is 3.51. The molecule has 1 aromatic heterocycles. The zero-order chi connectivity index (χ0) is 12.3. The molecule has 4 heteroatoms. The van der Waals surface area contributed by atoms with E-state index in [9.17, 15) is 0 Å². The van der Waals surface area contributed by atoms with Crippen LogP contribution in [0.2, 0.25) is 0 Å². The lowest BCUT2D eigenvalue weighted by molar-refractivity contribution is 0.398. The average Bonchev–Trinajstić information content (AvgIpc) is 2.51. The molecule has 1 aliphatic rings. The molecule has 0 bridgehead atoms. The maximum absolute atomic E-state index is 5.35. The SMILES string of the molecule is CCNc1cc2c(nc1OC)CCNC[C@H]2C. The molecule has 0 radical (unpaired) electrons. The van der Waals surface area contributed by atoms with E-state index in [4.69, 9.17) is 4.74 Å². The summed E-state index contributed by atoms with van der Waals surface area (Å²) in [7, 11) is 1.67. The molecule has 2 heterocycles. The van der Waals surface area contributed by atoms with E-state index in [0.717, 1.165) is 31.7 Å². The average molecular weight is 235 g/mol. The van der Waals surface area contributed by atoms with Gasteiger partial charge in [0, 0.05) is 31.7 Å². The maximum atomic E-state index is 5.35. The Kier molecular flexibility index (Phi) is 3.84. The molecule has 2 rings (SSSR count). The van der Waals surface area contributed by atoms with E-state index >= 15 is 0 Å². The van der Waals surface area contributed by atoms with Crippen LogP contribution in [0.15, 0.2) is 6.07 Å².